The molecule has 0 saturated heterocycles. The van der Waals surface area contributed by atoms with E-state index in [-0.39, 0.29) is 48.0 Å². The summed E-state index contributed by atoms with van der Waals surface area (Å²) in [6.07, 6.45) is 18.4. The molecule has 0 radical (unpaired) electrons. The third-order valence-corrected chi connectivity index (χ3v) is 8.40. The van der Waals surface area contributed by atoms with Gasteiger partial charge in [0.1, 0.15) is 0 Å². The first kappa shape index (κ1) is 32.9. The number of nitrogens with zero attached hydrogens (tertiary/aromatic N) is 3. The van der Waals surface area contributed by atoms with E-state index in [1.807, 2.05) is 0 Å². The number of anilines is 3. The van der Waals surface area contributed by atoms with Gasteiger partial charge in [-0.05, 0) is 67.3 Å². The topological polar surface area (TPSA) is 9.72 Å². The number of allylic oxidation sites excluding steroid dienone is 9. The van der Waals surface area contributed by atoms with E-state index in [1.54, 1.807) is 0 Å². The Labute approximate surface area is 291 Å². The molecular weight excluding hydrogens is 752 g/mol. The van der Waals surface area contributed by atoms with Crippen LogP contribution in [0.5, 0.6) is 0 Å². The standard InChI is InChI=1S/C38H39N3.2HI/c1-4-39-26-23-30(33-13-7-10-16-36(33)39)21-19-29(32-25-28-41(6-3)38-18-12-9-15-35(32)38)20-22-31-24-27-40(5-2)37-17-11-8-14-34(31)37;;/h7-26H,4-6,27-28H2,1-3H3;2*1H/p-2/b22-20+,29-19+,30-21+;;. The van der Waals surface area contributed by atoms with Gasteiger partial charge in [0, 0.05) is 72.7 Å². The summed E-state index contributed by atoms with van der Waals surface area (Å²) in [6, 6.07) is 26.3. The summed E-state index contributed by atoms with van der Waals surface area (Å²) in [5.41, 5.74) is 12.8. The van der Waals surface area contributed by atoms with E-state index >= 15 is 0 Å². The molecule has 5 heteroatoms. The van der Waals surface area contributed by atoms with E-state index in [4.69, 9.17) is 0 Å². The molecule has 3 aromatic carbocycles. The van der Waals surface area contributed by atoms with Crippen molar-refractivity contribution < 1.29 is 48.0 Å². The number of likely N-dealkylation sites (N-methyl/N-ethyl adjacent to an activating group) is 2. The maximum Gasteiger partial charge on any atom is 0.0485 e. The summed E-state index contributed by atoms with van der Waals surface area (Å²) in [4.78, 5) is 7.18. The highest BCUT2D eigenvalue weighted by atomic mass is 127. The molecule has 3 aromatic rings. The van der Waals surface area contributed by atoms with Crippen molar-refractivity contribution in [2.45, 2.75) is 20.8 Å². The van der Waals surface area contributed by atoms with Crippen molar-refractivity contribution in [1.29, 1.82) is 0 Å². The zero-order valence-corrected chi connectivity index (χ0v) is 29.5. The van der Waals surface area contributed by atoms with E-state index in [2.05, 4.69) is 157 Å². The van der Waals surface area contributed by atoms with Gasteiger partial charge in [0.25, 0.3) is 0 Å². The number of fused-ring (bicyclic) bond motifs is 3. The average molecular weight is 792 g/mol. The van der Waals surface area contributed by atoms with Crippen molar-refractivity contribution >= 4 is 33.8 Å². The van der Waals surface area contributed by atoms with E-state index in [1.165, 1.54) is 56.0 Å². The molecule has 0 spiro atoms. The molecule has 0 saturated carbocycles. The van der Waals surface area contributed by atoms with Crippen molar-refractivity contribution in [3.63, 3.8) is 0 Å². The van der Waals surface area contributed by atoms with E-state index in [9.17, 15) is 0 Å². The third kappa shape index (κ3) is 6.73. The number of rotatable bonds is 7. The van der Waals surface area contributed by atoms with Gasteiger partial charge in [0.05, 0.1) is 0 Å². The molecule has 0 unspecified atom stereocenters. The molecule has 0 atom stereocenters. The van der Waals surface area contributed by atoms with Crippen molar-refractivity contribution in [3.8, 4) is 0 Å². The summed E-state index contributed by atoms with van der Waals surface area (Å²) in [5.74, 6) is 0. The molecular formula is C38H39I2N3-2. The van der Waals surface area contributed by atoms with Crippen LogP contribution in [0.25, 0.3) is 16.7 Å². The van der Waals surface area contributed by atoms with E-state index in [0.29, 0.717) is 0 Å². The Hall–Kier alpha value is -3.04. The molecule has 0 fully saturated rings. The predicted molar refractivity (Wildman–Crippen MR) is 178 cm³/mol. The number of halogens is 2. The Balaban J connectivity index is 0.00000212. The Morgan fingerprint density at radius 2 is 1.26 bits per heavy atom. The maximum atomic E-state index is 2.44. The molecule has 0 aliphatic carbocycles. The lowest BCUT2D eigenvalue weighted by Gasteiger charge is -2.30. The second-order valence-corrected chi connectivity index (χ2v) is 10.6. The van der Waals surface area contributed by atoms with Crippen LogP contribution >= 0.6 is 0 Å². The minimum absolute atomic E-state index is 0. The van der Waals surface area contributed by atoms with E-state index in [0.717, 1.165) is 32.7 Å². The molecule has 6 rings (SSSR count). The Morgan fingerprint density at radius 3 is 1.93 bits per heavy atom. The number of para-hydroxylation sites is 3. The molecule has 3 aliphatic heterocycles. The fourth-order valence-electron chi connectivity index (χ4n) is 6.15. The molecule has 0 amide bonds. The van der Waals surface area contributed by atoms with Gasteiger partial charge in [-0.1, -0.05) is 91.1 Å². The van der Waals surface area contributed by atoms with Crippen molar-refractivity contribution in [3.05, 3.63) is 144 Å². The molecule has 3 heterocycles. The van der Waals surface area contributed by atoms with Crippen molar-refractivity contribution in [2.24, 2.45) is 0 Å². The lowest BCUT2D eigenvalue weighted by Crippen LogP contribution is -3.00. The first-order chi connectivity index (χ1) is 20.2. The van der Waals surface area contributed by atoms with Crippen LogP contribution < -0.4 is 62.7 Å². The highest BCUT2D eigenvalue weighted by molar-refractivity contribution is 5.93. The molecule has 0 N–H and O–H groups in total. The van der Waals surface area contributed by atoms with Crippen LogP contribution in [-0.2, 0) is 0 Å². The second kappa shape index (κ2) is 15.1. The third-order valence-electron chi connectivity index (χ3n) is 8.40. The van der Waals surface area contributed by atoms with Crippen LogP contribution in [-0.4, -0.2) is 32.7 Å². The highest BCUT2D eigenvalue weighted by Gasteiger charge is 2.20. The van der Waals surface area contributed by atoms with Crippen LogP contribution in [0.2, 0.25) is 0 Å². The van der Waals surface area contributed by atoms with Gasteiger partial charge in [-0.2, -0.15) is 0 Å². The first-order valence-corrected chi connectivity index (χ1v) is 15.0. The zero-order valence-electron chi connectivity index (χ0n) is 25.2. The van der Waals surface area contributed by atoms with Gasteiger partial charge in [-0.3, -0.25) is 0 Å². The van der Waals surface area contributed by atoms with Gasteiger partial charge in [0.15, 0.2) is 0 Å². The highest BCUT2D eigenvalue weighted by Crippen LogP contribution is 2.38. The lowest BCUT2D eigenvalue weighted by atomic mass is 9.90. The Morgan fingerprint density at radius 1 is 0.674 bits per heavy atom. The first-order valence-electron chi connectivity index (χ1n) is 15.0. The quantitative estimate of drug-likeness (QED) is 0.270. The summed E-state index contributed by atoms with van der Waals surface area (Å²) in [5, 5.41) is 0. The second-order valence-electron chi connectivity index (χ2n) is 10.6. The van der Waals surface area contributed by atoms with Crippen LogP contribution in [0.1, 0.15) is 37.5 Å². The lowest BCUT2D eigenvalue weighted by molar-refractivity contribution is -0.001000. The molecule has 0 bridgehead atoms. The minimum atomic E-state index is 0. The van der Waals surface area contributed by atoms with Gasteiger partial charge in [-0.25, -0.2) is 0 Å². The Bertz CT molecular complexity index is 1630. The molecule has 222 valence electrons. The number of benzene rings is 3. The summed E-state index contributed by atoms with van der Waals surface area (Å²) < 4.78 is 0. The van der Waals surface area contributed by atoms with Crippen LogP contribution in [0.3, 0.4) is 0 Å². The largest absolute Gasteiger partial charge is 1.00 e. The number of hydrogen-bond acceptors (Lipinski definition) is 3. The normalized spacial score (nSPS) is 16.6. The molecule has 43 heavy (non-hydrogen) atoms. The Kier molecular flexibility index (Phi) is 11.5. The molecule has 0 aromatic heterocycles. The fraction of sp³-hybridized carbons (Fsp3) is 0.211. The maximum absolute atomic E-state index is 2.44. The minimum Gasteiger partial charge on any atom is -1.00 e. The summed E-state index contributed by atoms with van der Waals surface area (Å²) in [7, 11) is 0. The zero-order chi connectivity index (χ0) is 28.2. The van der Waals surface area contributed by atoms with Gasteiger partial charge < -0.3 is 62.7 Å². The predicted octanol–water partition coefficient (Wildman–Crippen LogP) is 2.76. The van der Waals surface area contributed by atoms with Crippen LogP contribution in [0.15, 0.2) is 127 Å². The van der Waals surface area contributed by atoms with E-state index < -0.39 is 0 Å². The SMILES string of the molecule is CCN1C=C\C(=C/C=C(\C=C\C2=CCN(CC)c3ccccc32)C2=CCN(CC)c3ccccc32)c2ccccc21.[I-].[I-]. The van der Waals surface area contributed by atoms with Gasteiger partial charge in [0.2, 0.25) is 0 Å². The van der Waals surface area contributed by atoms with Crippen LogP contribution in [0.4, 0.5) is 17.1 Å². The van der Waals surface area contributed by atoms with Gasteiger partial charge >= 0.3 is 0 Å². The summed E-state index contributed by atoms with van der Waals surface area (Å²) >= 11 is 0. The fourth-order valence-corrected chi connectivity index (χ4v) is 6.15. The van der Waals surface area contributed by atoms with Crippen molar-refractivity contribution in [1.82, 2.24) is 0 Å². The van der Waals surface area contributed by atoms with Crippen molar-refractivity contribution in [2.75, 3.05) is 47.4 Å². The molecule has 3 aliphatic rings. The summed E-state index contributed by atoms with van der Waals surface area (Å²) in [6.45, 7) is 11.5. The number of hydrogen-bond donors (Lipinski definition) is 0. The smallest absolute Gasteiger partial charge is 0.0485 e. The van der Waals surface area contributed by atoms with Crippen LogP contribution in [0, 0.1) is 0 Å². The monoisotopic (exact) mass is 791 g/mol. The average Bonchev–Trinajstić information content (AvgIpc) is 3.04. The molecule has 3 nitrogen and oxygen atoms in total. The van der Waals surface area contributed by atoms with Gasteiger partial charge in [-0.15, -0.1) is 0 Å².